The smallest absolute Gasteiger partial charge is 0.125 e. The van der Waals surface area contributed by atoms with Crippen molar-refractivity contribution in [1.29, 1.82) is 0 Å². The van der Waals surface area contributed by atoms with Crippen LogP contribution in [0.15, 0.2) is 16.8 Å². The lowest BCUT2D eigenvalue weighted by Gasteiger charge is -2.15. The average Bonchev–Trinajstić information content (AvgIpc) is 2.53. The lowest BCUT2D eigenvalue weighted by molar-refractivity contribution is -0.114. The third kappa shape index (κ3) is 2.78. The molecule has 0 aliphatic carbocycles. The maximum Gasteiger partial charge on any atom is 0.125 e. The molecule has 0 fully saturated rings. The summed E-state index contributed by atoms with van der Waals surface area (Å²) in [6.07, 6.45) is 2.99. The molecule has 1 nitrogen and oxygen atoms in total. The van der Waals surface area contributed by atoms with Crippen LogP contribution in [0.2, 0.25) is 0 Å². The highest BCUT2D eigenvalue weighted by atomic mass is 32.1. The van der Waals surface area contributed by atoms with Crippen molar-refractivity contribution in [2.45, 2.75) is 26.7 Å². The Labute approximate surface area is 77.4 Å². The third-order valence-corrected chi connectivity index (χ3v) is 2.69. The first-order valence-electron chi connectivity index (χ1n) is 4.11. The maximum absolute atomic E-state index is 10.6. The van der Waals surface area contributed by atoms with E-state index in [0.717, 1.165) is 19.1 Å². The van der Waals surface area contributed by atoms with Gasteiger partial charge in [0.05, 0.1) is 0 Å². The fourth-order valence-corrected chi connectivity index (χ4v) is 1.66. The Bertz CT molecular complexity index is 236. The largest absolute Gasteiger partial charge is 0.303 e. The summed E-state index contributed by atoms with van der Waals surface area (Å²) in [4.78, 5) is 10.6. The maximum atomic E-state index is 10.6. The van der Waals surface area contributed by atoms with Crippen molar-refractivity contribution in [2.24, 2.45) is 5.41 Å². The van der Waals surface area contributed by atoms with Crippen LogP contribution in [0.1, 0.15) is 25.8 Å². The van der Waals surface area contributed by atoms with Crippen LogP contribution in [-0.2, 0) is 11.2 Å². The topological polar surface area (TPSA) is 17.1 Å². The Morgan fingerprint density at radius 1 is 1.58 bits per heavy atom. The molecule has 1 aromatic rings. The molecule has 66 valence electrons. The van der Waals surface area contributed by atoms with Gasteiger partial charge in [0.2, 0.25) is 0 Å². The summed E-state index contributed by atoms with van der Waals surface area (Å²) >= 11 is 1.71. The van der Waals surface area contributed by atoms with Crippen molar-refractivity contribution in [3.05, 3.63) is 22.4 Å². The lowest BCUT2D eigenvalue weighted by atomic mass is 9.88. The molecule has 1 rings (SSSR count). The number of aldehydes is 1. The van der Waals surface area contributed by atoms with E-state index in [1.165, 1.54) is 5.56 Å². The van der Waals surface area contributed by atoms with Gasteiger partial charge in [-0.3, -0.25) is 0 Å². The van der Waals surface area contributed by atoms with E-state index in [9.17, 15) is 4.79 Å². The van der Waals surface area contributed by atoms with E-state index in [0.29, 0.717) is 0 Å². The Kier molecular flexibility index (Phi) is 3.04. The van der Waals surface area contributed by atoms with Crippen LogP contribution in [0.3, 0.4) is 0 Å². The first-order valence-corrected chi connectivity index (χ1v) is 5.06. The monoisotopic (exact) mass is 182 g/mol. The number of rotatable bonds is 4. The Morgan fingerprint density at radius 2 is 2.33 bits per heavy atom. The minimum absolute atomic E-state index is 0.165. The molecule has 0 atom stereocenters. The predicted molar refractivity (Wildman–Crippen MR) is 52.5 cm³/mol. The molecule has 0 saturated carbocycles. The zero-order valence-corrected chi connectivity index (χ0v) is 8.36. The third-order valence-electron chi connectivity index (χ3n) is 1.96. The summed E-state index contributed by atoms with van der Waals surface area (Å²) < 4.78 is 0. The minimum atomic E-state index is -0.165. The fraction of sp³-hybridized carbons (Fsp3) is 0.500. The highest BCUT2D eigenvalue weighted by Gasteiger charge is 2.15. The van der Waals surface area contributed by atoms with Gasteiger partial charge in [0.15, 0.2) is 0 Å². The number of hydrogen-bond donors (Lipinski definition) is 0. The summed E-state index contributed by atoms with van der Waals surface area (Å²) in [6, 6.07) is 2.12. The predicted octanol–water partition coefficient (Wildman–Crippen LogP) is 2.91. The first kappa shape index (κ1) is 9.46. The van der Waals surface area contributed by atoms with Crippen LogP contribution in [0, 0.1) is 5.41 Å². The summed E-state index contributed by atoms with van der Waals surface area (Å²) in [5, 5.41) is 4.21. The molecule has 0 aliphatic heterocycles. The van der Waals surface area contributed by atoms with Gasteiger partial charge in [-0.1, -0.05) is 13.8 Å². The highest BCUT2D eigenvalue weighted by molar-refractivity contribution is 7.07. The summed E-state index contributed by atoms with van der Waals surface area (Å²) in [7, 11) is 0. The molecule has 0 unspecified atom stereocenters. The van der Waals surface area contributed by atoms with Crippen molar-refractivity contribution in [3.63, 3.8) is 0 Å². The number of carbonyl (C=O) groups excluding carboxylic acids is 1. The molecule has 2 heteroatoms. The van der Waals surface area contributed by atoms with Crippen LogP contribution < -0.4 is 0 Å². The summed E-state index contributed by atoms with van der Waals surface area (Å²) in [6.45, 7) is 3.96. The Hall–Kier alpha value is -0.630. The van der Waals surface area contributed by atoms with E-state index < -0.39 is 0 Å². The van der Waals surface area contributed by atoms with Gasteiger partial charge >= 0.3 is 0 Å². The molecule has 0 aromatic carbocycles. The van der Waals surface area contributed by atoms with Gasteiger partial charge < -0.3 is 4.79 Å². The van der Waals surface area contributed by atoms with E-state index >= 15 is 0 Å². The zero-order chi connectivity index (χ0) is 9.03. The second kappa shape index (κ2) is 3.85. The molecule has 1 heterocycles. The molecule has 0 aliphatic rings. The van der Waals surface area contributed by atoms with Crippen LogP contribution in [-0.4, -0.2) is 6.29 Å². The number of aryl methyl sites for hydroxylation is 1. The lowest BCUT2D eigenvalue weighted by Crippen LogP contribution is -2.13. The first-order chi connectivity index (χ1) is 5.64. The van der Waals surface area contributed by atoms with Gasteiger partial charge in [-0.2, -0.15) is 11.3 Å². The van der Waals surface area contributed by atoms with Crippen molar-refractivity contribution in [2.75, 3.05) is 0 Å². The molecule has 12 heavy (non-hydrogen) atoms. The standard InChI is InChI=1S/C10H14OS/c1-10(2,8-11)5-3-9-4-6-12-7-9/h4,6-8H,3,5H2,1-2H3. The molecule has 0 radical (unpaired) electrons. The van der Waals surface area contributed by atoms with Crippen molar-refractivity contribution >= 4 is 17.6 Å². The van der Waals surface area contributed by atoms with Gasteiger partial charge in [0, 0.05) is 5.41 Å². The van der Waals surface area contributed by atoms with Crippen molar-refractivity contribution < 1.29 is 4.79 Å². The normalized spacial score (nSPS) is 11.5. The molecular formula is C10H14OS. The molecule has 1 aromatic heterocycles. The average molecular weight is 182 g/mol. The molecule has 0 bridgehead atoms. The van der Waals surface area contributed by atoms with E-state index in [-0.39, 0.29) is 5.41 Å². The fourth-order valence-electron chi connectivity index (χ4n) is 0.960. The molecule has 0 saturated heterocycles. The highest BCUT2D eigenvalue weighted by Crippen LogP contribution is 2.20. The molecular weight excluding hydrogens is 168 g/mol. The van der Waals surface area contributed by atoms with Gasteiger partial charge in [-0.25, -0.2) is 0 Å². The van der Waals surface area contributed by atoms with Gasteiger partial charge in [-0.05, 0) is 35.2 Å². The van der Waals surface area contributed by atoms with Crippen LogP contribution in [0.5, 0.6) is 0 Å². The second-order valence-electron chi connectivity index (χ2n) is 3.74. The van der Waals surface area contributed by atoms with E-state index in [4.69, 9.17) is 0 Å². The number of thiophene rings is 1. The second-order valence-corrected chi connectivity index (χ2v) is 4.52. The SMILES string of the molecule is CC(C)(C=O)CCc1ccsc1. The van der Waals surface area contributed by atoms with Crippen molar-refractivity contribution in [3.8, 4) is 0 Å². The van der Waals surface area contributed by atoms with E-state index in [2.05, 4.69) is 16.8 Å². The summed E-state index contributed by atoms with van der Waals surface area (Å²) in [5.74, 6) is 0. The number of hydrogen-bond acceptors (Lipinski definition) is 2. The van der Waals surface area contributed by atoms with E-state index in [1.807, 2.05) is 13.8 Å². The number of carbonyl (C=O) groups is 1. The minimum Gasteiger partial charge on any atom is -0.303 e. The van der Waals surface area contributed by atoms with Crippen molar-refractivity contribution in [1.82, 2.24) is 0 Å². The van der Waals surface area contributed by atoms with Crippen LogP contribution in [0.25, 0.3) is 0 Å². The van der Waals surface area contributed by atoms with Crippen LogP contribution in [0.4, 0.5) is 0 Å². The zero-order valence-electron chi connectivity index (χ0n) is 7.54. The van der Waals surface area contributed by atoms with Gasteiger partial charge in [0.1, 0.15) is 6.29 Å². The Morgan fingerprint density at radius 3 is 2.83 bits per heavy atom. The van der Waals surface area contributed by atoms with Crippen LogP contribution >= 0.6 is 11.3 Å². The molecule has 0 N–H and O–H groups in total. The van der Waals surface area contributed by atoms with Gasteiger partial charge in [-0.15, -0.1) is 0 Å². The van der Waals surface area contributed by atoms with Gasteiger partial charge in [0.25, 0.3) is 0 Å². The van der Waals surface area contributed by atoms with E-state index in [1.54, 1.807) is 11.3 Å². The molecule has 0 amide bonds. The summed E-state index contributed by atoms with van der Waals surface area (Å²) in [5.41, 5.74) is 1.18. The molecule has 0 spiro atoms. The quantitative estimate of drug-likeness (QED) is 0.654. The Balaban J connectivity index is 2.41.